The molecule has 0 saturated heterocycles. The molecule has 0 spiro atoms. The van der Waals surface area contributed by atoms with Gasteiger partial charge in [0.05, 0.1) is 6.54 Å². The number of hydrogen-bond donors (Lipinski definition) is 0. The monoisotopic (exact) mass is 263 g/mol. The van der Waals surface area contributed by atoms with Crippen LogP contribution in [0.3, 0.4) is 0 Å². The number of aryl methyl sites for hydroxylation is 2. The third-order valence-electron chi connectivity index (χ3n) is 2.62. The molecule has 0 radical (unpaired) electrons. The van der Waals surface area contributed by atoms with Crippen molar-refractivity contribution in [3.8, 4) is 5.75 Å². The molecule has 0 bridgehead atoms. The van der Waals surface area contributed by atoms with E-state index in [0.29, 0.717) is 6.61 Å². The van der Waals surface area contributed by atoms with E-state index < -0.39 is 0 Å². The van der Waals surface area contributed by atoms with E-state index in [-0.39, 0.29) is 0 Å². The Balaban J connectivity index is 1.84. The van der Waals surface area contributed by atoms with Crippen LogP contribution >= 0.6 is 11.5 Å². The Labute approximate surface area is 111 Å². The first kappa shape index (κ1) is 12.8. The minimum atomic E-state index is 0.639. The molecular formula is C13H17N3OS. The third-order valence-corrected chi connectivity index (χ3v) is 3.54. The van der Waals surface area contributed by atoms with E-state index in [1.165, 1.54) is 11.5 Å². The predicted octanol–water partition coefficient (Wildman–Crippen LogP) is 2.67. The van der Waals surface area contributed by atoms with E-state index >= 15 is 0 Å². The molecule has 1 aromatic heterocycles. The van der Waals surface area contributed by atoms with Crippen LogP contribution in [0.1, 0.15) is 11.4 Å². The van der Waals surface area contributed by atoms with Gasteiger partial charge in [-0.2, -0.15) is 4.37 Å². The average Bonchev–Trinajstić information content (AvgIpc) is 2.78. The van der Waals surface area contributed by atoms with Crippen molar-refractivity contribution < 1.29 is 4.74 Å². The van der Waals surface area contributed by atoms with Gasteiger partial charge in [-0.05, 0) is 25.5 Å². The lowest BCUT2D eigenvalue weighted by molar-refractivity contribution is 0.324. The molecule has 1 aromatic carbocycles. The summed E-state index contributed by atoms with van der Waals surface area (Å²) in [5.41, 5.74) is 1.16. The number of rotatable bonds is 5. The normalized spacial score (nSPS) is 10.4. The maximum Gasteiger partial charge on any atom is 0.205 e. The second-order valence-corrected chi connectivity index (χ2v) is 4.89. The van der Waals surface area contributed by atoms with Crippen molar-refractivity contribution in [1.82, 2.24) is 9.36 Å². The highest BCUT2D eigenvalue weighted by molar-refractivity contribution is 7.09. The number of likely N-dealkylation sites (N-methyl/N-ethyl adjacent to an activating group) is 1. The second-order valence-electron chi connectivity index (χ2n) is 4.16. The molecule has 0 saturated carbocycles. The molecule has 4 nitrogen and oxygen atoms in total. The lowest BCUT2D eigenvalue weighted by Crippen LogP contribution is -2.23. The fraction of sp³-hybridized carbons (Fsp3) is 0.385. The maximum absolute atomic E-state index is 5.75. The van der Waals surface area contributed by atoms with E-state index in [4.69, 9.17) is 4.74 Å². The Morgan fingerprint density at radius 2 is 2.06 bits per heavy atom. The number of anilines is 1. The largest absolute Gasteiger partial charge is 0.491 e. The summed E-state index contributed by atoms with van der Waals surface area (Å²) in [6, 6.07) is 8.04. The van der Waals surface area contributed by atoms with Crippen molar-refractivity contribution in [3.63, 3.8) is 0 Å². The zero-order chi connectivity index (χ0) is 13.0. The standard InChI is InChI=1S/C13H17N3OS/c1-10-6-4-5-7-12(10)17-9-8-16(3)13-14-11(2)15-18-13/h4-7H,8-9H2,1-3H3. The van der Waals surface area contributed by atoms with Crippen molar-refractivity contribution in [2.75, 3.05) is 25.1 Å². The van der Waals surface area contributed by atoms with Crippen LogP contribution in [0.15, 0.2) is 24.3 Å². The Morgan fingerprint density at radius 1 is 1.28 bits per heavy atom. The summed E-state index contributed by atoms with van der Waals surface area (Å²) >= 11 is 1.42. The second kappa shape index (κ2) is 5.82. The topological polar surface area (TPSA) is 38.2 Å². The minimum absolute atomic E-state index is 0.639. The summed E-state index contributed by atoms with van der Waals surface area (Å²) in [6.07, 6.45) is 0. The molecule has 0 fully saturated rings. The third kappa shape index (κ3) is 3.20. The Bertz CT molecular complexity index is 512. The Morgan fingerprint density at radius 3 is 2.72 bits per heavy atom. The van der Waals surface area contributed by atoms with Gasteiger partial charge < -0.3 is 9.64 Å². The van der Waals surface area contributed by atoms with Crippen LogP contribution < -0.4 is 9.64 Å². The molecule has 5 heteroatoms. The van der Waals surface area contributed by atoms with Gasteiger partial charge in [0.1, 0.15) is 18.2 Å². The molecule has 0 atom stereocenters. The van der Waals surface area contributed by atoms with Gasteiger partial charge in [-0.3, -0.25) is 0 Å². The lowest BCUT2D eigenvalue weighted by Gasteiger charge is -2.16. The predicted molar refractivity (Wildman–Crippen MR) is 74.6 cm³/mol. The summed E-state index contributed by atoms with van der Waals surface area (Å²) in [6.45, 7) is 5.38. The molecule has 2 rings (SSSR count). The molecule has 2 aromatic rings. The molecule has 0 amide bonds. The van der Waals surface area contributed by atoms with Gasteiger partial charge in [0.2, 0.25) is 5.13 Å². The van der Waals surface area contributed by atoms with E-state index in [9.17, 15) is 0 Å². The molecule has 0 N–H and O–H groups in total. The van der Waals surface area contributed by atoms with Crippen molar-refractivity contribution in [2.24, 2.45) is 0 Å². The highest BCUT2D eigenvalue weighted by atomic mass is 32.1. The van der Waals surface area contributed by atoms with Crippen LogP contribution in [0.4, 0.5) is 5.13 Å². The first-order chi connectivity index (χ1) is 8.66. The van der Waals surface area contributed by atoms with Crippen molar-refractivity contribution in [2.45, 2.75) is 13.8 Å². The highest BCUT2D eigenvalue weighted by Gasteiger charge is 2.06. The van der Waals surface area contributed by atoms with Crippen LogP contribution in [0.5, 0.6) is 5.75 Å². The maximum atomic E-state index is 5.75. The molecule has 1 heterocycles. The summed E-state index contributed by atoms with van der Waals surface area (Å²) < 4.78 is 9.92. The molecule has 0 unspecified atom stereocenters. The number of nitrogens with zero attached hydrogens (tertiary/aromatic N) is 3. The van der Waals surface area contributed by atoms with E-state index in [0.717, 1.165) is 28.8 Å². The zero-order valence-electron chi connectivity index (χ0n) is 10.9. The van der Waals surface area contributed by atoms with Gasteiger partial charge >= 0.3 is 0 Å². The number of ether oxygens (including phenoxy) is 1. The number of benzene rings is 1. The fourth-order valence-corrected chi connectivity index (χ4v) is 2.21. The molecule has 96 valence electrons. The van der Waals surface area contributed by atoms with Crippen molar-refractivity contribution >= 4 is 16.7 Å². The van der Waals surface area contributed by atoms with Gasteiger partial charge in [0.15, 0.2) is 0 Å². The summed E-state index contributed by atoms with van der Waals surface area (Å²) in [5.74, 6) is 1.76. The van der Waals surface area contributed by atoms with Gasteiger partial charge in [0.25, 0.3) is 0 Å². The van der Waals surface area contributed by atoms with Crippen LogP contribution in [-0.2, 0) is 0 Å². The molecule has 0 aliphatic heterocycles. The van der Waals surface area contributed by atoms with E-state index in [2.05, 4.69) is 14.3 Å². The van der Waals surface area contributed by atoms with Crippen molar-refractivity contribution in [3.05, 3.63) is 35.7 Å². The minimum Gasteiger partial charge on any atom is -0.491 e. The highest BCUT2D eigenvalue weighted by Crippen LogP contribution is 2.17. The smallest absolute Gasteiger partial charge is 0.205 e. The average molecular weight is 263 g/mol. The zero-order valence-corrected chi connectivity index (χ0v) is 11.7. The van der Waals surface area contributed by atoms with E-state index in [1.807, 2.05) is 45.2 Å². The van der Waals surface area contributed by atoms with Crippen molar-refractivity contribution in [1.29, 1.82) is 0 Å². The Kier molecular flexibility index (Phi) is 4.15. The summed E-state index contributed by atoms with van der Waals surface area (Å²) in [5, 5.41) is 0.931. The van der Waals surface area contributed by atoms with Gasteiger partial charge in [0, 0.05) is 18.6 Å². The Hall–Kier alpha value is -1.62. The number of para-hydroxylation sites is 1. The molecule has 18 heavy (non-hydrogen) atoms. The van der Waals surface area contributed by atoms with Crippen LogP contribution in [0.2, 0.25) is 0 Å². The fourth-order valence-electron chi connectivity index (χ4n) is 1.55. The van der Waals surface area contributed by atoms with Crippen LogP contribution in [0, 0.1) is 13.8 Å². The first-order valence-corrected chi connectivity index (χ1v) is 6.64. The lowest BCUT2D eigenvalue weighted by atomic mass is 10.2. The first-order valence-electron chi connectivity index (χ1n) is 5.86. The van der Waals surface area contributed by atoms with Gasteiger partial charge in [-0.1, -0.05) is 18.2 Å². The molecule has 0 aliphatic rings. The number of hydrogen-bond acceptors (Lipinski definition) is 5. The van der Waals surface area contributed by atoms with Crippen LogP contribution in [-0.4, -0.2) is 29.6 Å². The number of aromatic nitrogens is 2. The quantitative estimate of drug-likeness (QED) is 0.831. The van der Waals surface area contributed by atoms with Crippen LogP contribution in [0.25, 0.3) is 0 Å². The summed E-state index contributed by atoms with van der Waals surface area (Å²) in [7, 11) is 2.00. The molecular weight excluding hydrogens is 246 g/mol. The van der Waals surface area contributed by atoms with Gasteiger partial charge in [-0.15, -0.1) is 0 Å². The SMILES string of the molecule is Cc1nsc(N(C)CCOc2ccccc2C)n1. The van der Waals surface area contributed by atoms with Gasteiger partial charge in [-0.25, -0.2) is 4.98 Å². The van der Waals surface area contributed by atoms with E-state index in [1.54, 1.807) is 0 Å². The molecule has 0 aliphatic carbocycles. The summed E-state index contributed by atoms with van der Waals surface area (Å²) in [4.78, 5) is 6.39.